The molecule has 2 aromatic carbocycles. The van der Waals surface area contributed by atoms with Gasteiger partial charge in [0, 0.05) is 5.69 Å². The lowest BCUT2D eigenvalue weighted by atomic mass is 10.2. The van der Waals surface area contributed by atoms with Crippen molar-refractivity contribution in [2.24, 2.45) is 0 Å². The van der Waals surface area contributed by atoms with Crippen LogP contribution in [-0.2, 0) is 4.79 Å². The first-order chi connectivity index (χ1) is 10.2. The number of benzene rings is 2. The molecule has 0 heterocycles. The van der Waals surface area contributed by atoms with E-state index in [9.17, 15) is 4.79 Å². The molecule has 0 spiro atoms. The van der Waals surface area contributed by atoms with Gasteiger partial charge in [-0.1, -0.05) is 12.1 Å². The Morgan fingerprint density at radius 3 is 2.38 bits per heavy atom. The summed E-state index contributed by atoms with van der Waals surface area (Å²) >= 11 is 0. The zero-order valence-electron chi connectivity index (χ0n) is 11.1. The number of nitrogens with one attached hydrogen (secondary N) is 2. The van der Waals surface area contributed by atoms with Crippen molar-refractivity contribution in [3.63, 3.8) is 0 Å². The largest absolute Gasteiger partial charge is 0.375 e. The van der Waals surface area contributed by atoms with Gasteiger partial charge in [0.05, 0.1) is 29.4 Å². The lowest BCUT2D eigenvalue weighted by molar-refractivity contribution is -0.114. The molecular weight excluding hydrogens is 264 g/mol. The van der Waals surface area contributed by atoms with Gasteiger partial charge in [0.1, 0.15) is 6.07 Å². The molecule has 1 amide bonds. The van der Waals surface area contributed by atoms with Crippen molar-refractivity contribution in [2.75, 3.05) is 17.2 Å². The van der Waals surface area contributed by atoms with E-state index in [0.29, 0.717) is 22.5 Å². The van der Waals surface area contributed by atoms with Crippen LogP contribution in [-0.4, -0.2) is 12.5 Å². The molecule has 2 rings (SSSR count). The second-order valence-corrected chi connectivity index (χ2v) is 4.25. The van der Waals surface area contributed by atoms with Gasteiger partial charge in [-0.15, -0.1) is 0 Å². The molecule has 2 aromatic rings. The summed E-state index contributed by atoms with van der Waals surface area (Å²) in [5.41, 5.74) is 2.27. The standard InChI is InChI=1S/C16H12N4O/c17-9-12-5-7-14(8-6-12)20-16(21)11-19-15-4-2-1-3-13(15)10-18/h1-8,19H,11H2,(H,20,21). The number of carbonyl (C=O) groups is 1. The normalized spacial score (nSPS) is 9.24. The second kappa shape index (κ2) is 6.74. The Labute approximate surface area is 122 Å². The average Bonchev–Trinajstić information content (AvgIpc) is 2.54. The van der Waals surface area contributed by atoms with E-state index < -0.39 is 0 Å². The summed E-state index contributed by atoms with van der Waals surface area (Å²) in [6, 6.07) is 17.6. The number of nitriles is 2. The summed E-state index contributed by atoms with van der Waals surface area (Å²) in [6.07, 6.45) is 0. The molecule has 2 N–H and O–H groups in total. The van der Waals surface area contributed by atoms with Gasteiger partial charge >= 0.3 is 0 Å². The molecule has 5 heteroatoms. The molecule has 0 saturated heterocycles. The van der Waals surface area contributed by atoms with Crippen LogP contribution in [0.25, 0.3) is 0 Å². The molecule has 0 aromatic heterocycles. The molecular formula is C16H12N4O. The first-order valence-corrected chi connectivity index (χ1v) is 6.26. The fraction of sp³-hybridized carbons (Fsp3) is 0.0625. The minimum absolute atomic E-state index is 0.0543. The van der Waals surface area contributed by atoms with Gasteiger partial charge in [-0.2, -0.15) is 10.5 Å². The Kier molecular flexibility index (Phi) is 4.53. The van der Waals surface area contributed by atoms with Gasteiger partial charge in [-0.3, -0.25) is 4.79 Å². The molecule has 21 heavy (non-hydrogen) atoms. The molecule has 0 aliphatic rings. The van der Waals surface area contributed by atoms with Crippen LogP contribution in [0.4, 0.5) is 11.4 Å². The van der Waals surface area contributed by atoms with Crippen molar-refractivity contribution in [1.82, 2.24) is 0 Å². The van der Waals surface area contributed by atoms with Crippen LogP contribution in [0, 0.1) is 22.7 Å². The van der Waals surface area contributed by atoms with Crippen molar-refractivity contribution in [2.45, 2.75) is 0 Å². The van der Waals surface area contributed by atoms with Crippen LogP contribution in [0.3, 0.4) is 0 Å². The summed E-state index contributed by atoms with van der Waals surface area (Å²) < 4.78 is 0. The number of nitrogens with zero attached hydrogens (tertiary/aromatic N) is 2. The van der Waals surface area contributed by atoms with Gasteiger partial charge < -0.3 is 10.6 Å². The monoisotopic (exact) mass is 276 g/mol. The van der Waals surface area contributed by atoms with E-state index in [1.807, 2.05) is 6.07 Å². The van der Waals surface area contributed by atoms with Crippen LogP contribution in [0.1, 0.15) is 11.1 Å². The summed E-state index contributed by atoms with van der Waals surface area (Å²) in [6.45, 7) is 0.0543. The smallest absolute Gasteiger partial charge is 0.243 e. The van der Waals surface area contributed by atoms with E-state index in [4.69, 9.17) is 10.5 Å². The van der Waals surface area contributed by atoms with E-state index in [1.165, 1.54) is 0 Å². The predicted molar refractivity (Wildman–Crippen MR) is 79.4 cm³/mol. The van der Waals surface area contributed by atoms with Crippen molar-refractivity contribution < 1.29 is 4.79 Å². The molecule has 5 nitrogen and oxygen atoms in total. The molecule has 102 valence electrons. The van der Waals surface area contributed by atoms with Gasteiger partial charge in [0.15, 0.2) is 0 Å². The molecule has 0 aliphatic heterocycles. The number of anilines is 2. The Bertz CT molecular complexity index is 723. The lowest BCUT2D eigenvalue weighted by Gasteiger charge is -2.08. The third-order valence-electron chi connectivity index (χ3n) is 2.78. The van der Waals surface area contributed by atoms with Gasteiger partial charge in [-0.25, -0.2) is 0 Å². The quantitative estimate of drug-likeness (QED) is 0.897. The highest BCUT2D eigenvalue weighted by molar-refractivity contribution is 5.93. The van der Waals surface area contributed by atoms with Gasteiger partial charge in [0.25, 0.3) is 0 Å². The molecule has 0 radical (unpaired) electrons. The maximum atomic E-state index is 11.8. The molecule has 0 atom stereocenters. The number of amides is 1. The minimum Gasteiger partial charge on any atom is -0.375 e. The van der Waals surface area contributed by atoms with Crippen molar-refractivity contribution in [3.05, 3.63) is 59.7 Å². The van der Waals surface area contributed by atoms with E-state index in [0.717, 1.165) is 0 Å². The van der Waals surface area contributed by atoms with Crippen LogP contribution >= 0.6 is 0 Å². The zero-order valence-corrected chi connectivity index (χ0v) is 11.1. The predicted octanol–water partition coefficient (Wildman–Crippen LogP) is 2.48. The number of para-hydroxylation sites is 1. The first-order valence-electron chi connectivity index (χ1n) is 6.26. The molecule has 0 unspecified atom stereocenters. The van der Waals surface area contributed by atoms with Crippen molar-refractivity contribution >= 4 is 17.3 Å². The number of hydrogen-bond acceptors (Lipinski definition) is 4. The minimum atomic E-state index is -0.229. The summed E-state index contributed by atoms with van der Waals surface area (Å²) in [5.74, 6) is -0.229. The highest BCUT2D eigenvalue weighted by Crippen LogP contribution is 2.13. The topological polar surface area (TPSA) is 88.7 Å². The van der Waals surface area contributed by atoms with Gasteiger partial charge in [0.2, 0.25) is 5.91 Å². The SMILES string of the molecule is N#Cc1ccc(NC(=O)CNc2ccccc2C#N)cc1. The molecule has 0 fully saturated rings. The summed E-state index contributed by atoms with van der Waals surface area (Å²) in [4.78, 5) is 11.8. The Hall–Kier alpha value is -3.31. The summed E-state index contributed by atoms with van der Waals surface area (Å²) in [7, 11) is 0. The van der Waals surface area contributed by atoms with E-state index in [-0.39, 0.29) is 12.5 Å². The van der Waals surface area contributed by atoms with Crippen LogP contribution in [0.5, 0.6) is 0 Å². The van der Waals surface area contributed by atoms with Gasteiger partial charge in [-0.05, 0) is 36.4 Å². The van der Waals surface area contributed by atoms with E-state index >= 15 is 0 Å². The molecule has 0 bridgehead atoms. The maximum Gasteiger partial charge on any atom is 0.243 e. The second-order valence-electron chi connectivity index (χ2n) is 4.25. The summed E-state index contributed by atoms with van der Waals surface area (Å²) in [5, 5.41) is 23.3. The Morgan fingerprint density at radius 1 is 1.00 bits per heavy atom. The zero-order chi connectivity index (χ0) is 15.1. The Balaban J connectivity index is 1.93. The third-order valence-corrected chi connectivity index (χ3v) is 2.78. The van der Waals surface area contributed by atoms with E-state index in [2.05, 4.69) is 16.7 Å². The first kappa shape index (κ1) is 14.1. The number of rotatable bonds is 4. The molecule has 0 saturated carbocycles. The average molecular weight is 276 g/mol. The third kappa shape index (κ3) is 3.82. The van der Waals surface area contributed by atoms with Crippen LogP contribution < -0.4 is 10.6 Å². The Morgan fingerprint density at radius 2 is 1.71 bits per heavy atom. The fourth-order valence-corrected chi connectivity index (χ4v) is 1.74. The highest BCUT2D eigenvalue weighted by atomic mass is 16.1. The lowest BCUT2D eigenvalue weighted by Crippen LogP contribution is -2.22. The van der Waals surface area contributed by atoms with Crippen molar-refractivity contribution in [1.29, 1.82) is 10.5 Å². The number of hydrogen-bond donors (Lipinski definition) is 2. The van der Waals surface area contributed by atoms with Crippen LogP contribution in [0.2, 0.25) is 0 Å². The maximum absolute atomic E-state index is 11.8. The fourth-order valence-electron chi connectivity index (χ4n) is 1.74. The molecule has 0 aliphatic carbocycles. The van der Waals surface area contributed by atoms with E-state index in [1.54, 1.807) is 48.5 Å². The van der Waals surface area contributed by atoms with Crippen LogP contribution in [0.15, 0.2) is 48.5 Å². The van der Waals surface area contributed by atoms with Crippen molar-refractivity contribution in [3.8, 4) is 12.1 Å². The number of carbonyl (C=O) groups excluding carboxylic acids is 1. The highest BCUT2D eigenvalue weighted by Gasteiger charge is 2.05.